The second-order valence-electron chi connectivity index (χ2n) is 6.46. The normalized spacial score (nSPS) is 10.1. The molecule has 3 aromatic rings. The molecule has 2 amide bonds. The van der Waals surface area contributed by atoms with Crippen LogP contribution in [-0.4, -0.2) is 28.9 Å². The molecular formula is C22H18N4O4S. The van der Waals surface area contributed by atoms with Gasteiger partial charge in [0.15, 0.2) is 5.11 Å². The summed E-state index contributed by atoms with van der Waals surface area (Å²) in [6, 6.07) is 21.4. The van der Waals surface area contributed by atoms with Crippen LogP contribution in [0.4, 0.5) is 17.1 Å². The highest BCUT2D eigenvalue weighted by Gasteiger charge is 2.20. The Morgan fingerprint density at radius 3 is 2.35 bits per heavy atom. The lowest BCUT2D eigenvalue weighted by Crippen LogP contribution is -2.34. The van der Waals surface area contributed by atoms with Crippen molar-refractivity contribution in [3.05, 3.63) is 100 Å². The summed E-state index contributed by atoms with van der Waals surface area (Å²) in [6.45, 7) is 0. The second kappa shape index (κ2) is 9.59. The molecule has 0 aromatic heterocycles. The Bertz CT molecular complexity index is 1150. The molecule has 3 rings (SSSR count). The fraction of sp³-hybridized carbons (Fsp3) is 0.0455. The van der Waals surface area contributed by atoms with E-state index in [-0.39, 0.29) is 22.3 Å². The molecule has 0 aliphatic carbocycles. The zero-order valence-electron chi connectivity index (χ0n) is 16.4. The van der Waals surface area contributed by atoms with Crippen molar-refractivity contribution in [1.29, 1.82) is 0 Å². The summed E-state index contributed by atoms with van der Waals surface area (Å²) in [5.74, 6) is -0.925. The Kier molecular flexibility index (Phi) is 6.68. The van der Waals surface area contributed by atoms with Crippen LogP contribution in [0.3, 0.4) is 0 Å². The van der Waals surface area contributed by atoms with E-state index in [0.717, 1.165) is 5.69 Å². The summed E-state index contributed by atoms with van der Waals surface area (Å²) in [4.78, 5) is 37.2. The first kappa shape index (κ1) is 21.6. The molecule has 2 N–H and O–H groups in total. The lowest BCUT2D eigenvalue weighted by Gasteiger charge is -2.18. The summed E-state index contributed by atoms with van der Waals surface area (Å²) in [7, 11) is 1.68. The third-order valence-corrected chi connectivity index (χ3v) is 4.59. The van der Waals surface area contributed by atoms with Gasteiger partial charge in [0, 0.05) is 30.1 Å². The Labute approximate surface area is 183 Å². The maximum absolute atomic E-state index is 12.8. The topological polar surface area (TPSA) is 105 Å². The average Bonchev–Trinajstić information content (AvgIpc) is 2.78. The summed E-state index contributed by atoms with van der Waals surface area (Å²) in [5, 5.41) is 16.3. The van der Waals surface area contributed by atoms with E-state index < -0.39 is 10.8 Å². The standard InChI is InChI=1S/C22H18N4O4S/c1-25(17-10-3-2-4-11-17)21(28)15-8-7-9-16(14-15)23-22(31)24-20(27)18-12-5-6-13-19(18)26(29)30/h2-14H,1H3,(H2,23,24,27,31). The molecule has 0 unspecified atom stereocenters. The van der Waals surface area contributed by atoms with Crippen molar-refractivity contribution in [3.8, 4) is 0 Å². The van der Waals surface area contributed by atoms with Gasteiger partial charge in [0.2, 0.25) is 0 Å². The lowest BCUT2D eigenvalue weighted by atomic mass is 10.1. The Hall–Kier alpha value is -4.11. The van der Waals surface area contributed by atoms with E-state index in [9.17, 15) is 19.7 Å². The van der Waals surface area contributed by atoms with E-state index in [2.05, 4.69) is 10.6 Å². The molecule has 0 bridgehead atoms. The molecule has 0 fully saturated rings. The predicted molar refractivity (Wildman–Crippen MR) is 122 cm³/mol. The number of para-hydroxylation sites is 2. The average molecular weight is 434 g/mol. The summed E-state index contributed by atoms with van der Waals surface area (Å²) < 4.78 is 0. The first-order valence-corrected chi connectivity index (χ1v) is 9.56. The molecule has 0 aliphatic rings. The maximum atomic E-state index is 12.8. The number of carbonyl (C=O) groups is 2. The van der Waals surface area contributed by atoms with E-state index in [1.165, 1.54) is 29.2 Å². The van der Waals surface area contributed by atoms with Gasteiger partial charge in [-0.1, -0.05) is 36.4 Å². The Balaban J connectivity index is 1.70. The quantitative estimate of drug-likeness (QED) is 0.357. The van der Waals surface area contributed by atoms with Gasteiger partial charge < -0.3 is 10.2 Å². The highest BCUT2D eigenvalue weighted by molar-refractivity contribution is 7.80. The van der Waals surface area contributed by atoms with Crippen molar-refractivity contribution >= 4 is 46.2 Å². The van der Waals surface area contributed by atoms with Crippen LogP contribution in [0.25, 0.3) is 0 Å². The van der Waals surface area contributed by atoms with Gasteiger partial charge in [-0.05, 0) is 48.6 Å². The van der Waals surface area contributed by atoms with Crippen molar-refractivity contribution in [1.82, 2.24) is 5.32 Å². The fourth-order valence-electron chi connectivity index (χ4n) is 2.85. The van der Waals surface area contributed by atoms with Gasteiger partial charge >= 0.3 is 0 Å². The molecule has 0 saturated heterocycles. The number of hydrogen-bond donors (Lipinski definition) is 2. The zero-order valence-corrected chi connectivity index (χ0v) is 17.3. The van der Waals surface area contributed by atoms with Crippen LogP contribution in [-0.2, 0) is 0 Å². The first-order valence-electron chi connectivity index (χ1n) is 9.15. The number of anilines is 2. The number of nitro groups is 1. The van der Waals surface area contributed by atoms with Crippen LogP contribution in [0.1, 0.15) is 20.7 Å². The number of rotatable bonds is 5. The minimum Gasteiger partial charge on any atom is -0.332 e. The summed E-state index contributed by atoms with van der Waals surface area (Å²) in [6.07, 6.45) is 0. The van der Waals surface area contributed by atoms with Crippen molar-refractivity contribution in [2.45, 2.75) is 0 Å². The third-order valence-electron chi connectivity index (χ3n) is 4.39. The van der Waals surface area contributed by atoms with Crippen LogP contribution < -0.4 is 15.5 Å². The number of nitrogens with one attached hydrogen (secondary N) is 2. The predicted octanol–water partition coefficient (Wildman–Crippen LogP) is 4.00. The maximum Gasteiger partial charge on any atom is 0.282 e. The summed E-state index contributed by atoms with van der Waals surface area (Å²) in [5.41, 5.74) is 1.23. The molecule has 31 heavy (non-hydrogen) atoms. The number of carbonyl (C=O) groups excluding carboxylic acids is 2. The van der Waals surface area contributed by atoms with Crippen molar-refractivity contribution in [2.24, 2.45) is 0 Å². The monoisotopic (exact) mass is 434 g/mol. The molecular weight excluding hydrogens is 416 g/mol. The highest BCUT2D eigenvalue weighted by Crippen LogP contribution is 2.19. The van der Waals surface area contributed by atoms with Crippen LogP contribution in [0.15, 0.2) is 78.9 Å². The van der Waals surface area contributed by atoms with Gasteiger partial charge in [-0.3, -0.25) is 25.0 Å². The van der Waals surface area contributed by atoms with E-state index in [1.807, 2.05) is 30.3 Å². The molecule has 9 heteroatoms. The van der Waals surface area contributed by atoms with Crippen molar-refractivity contribution in [3.63, 3.8) is 0 Å². The Morgan fingerprint density at radius 2 is 1.65 bits per heavy atom. The van der Waals surface area contributed by atoms with E-state index in [4.69, 9.17) is 12.2 Å². The van der Waals surface area contributed by atoms with Gasteiger partial charge in [0.25, 0.3) is 17.5 Å². The van der Waals surface area contributed by atoms with Crippen molar-refractivity contribution < 1.29 is 14.5 Å². The zero-order chi connectivity index (χ0) is 22.4. The first-order chi connectivity index (χ1) is 14.9. The number of amides is 2. The van der Waals surface area contributed by atoms with E-state index in [0.29, 0.717) is 11.3 Å². The largest absolute Gasteiger partial charge is 0.332 e. The number of nitro benzene ring substituents is 1. The number of thiocarbonyl (C=S) groups is 1. The Morgan fingerprint density at radius 1 is 0.968 bits per heavy atom. The van der Waals surface area contributed by atoms with Crippen molar-refractivity contribution in [2.75, 3.05) is 17.3 Å². The van der Waals surface area contributed by atoms with Crippen LogP contribution in [0, 0.1) is 10.1 Å². The van der Waals surface area contributed by atoms with Gasteiger partial charge in [-0.25, -0.2) is 0 Å². The van der Waals surface area contributed by atoms with Gasteiger partial charge in [0.1, 0.15) is 5.56 Å². The number of nitrogens with zero attached hydrogens (tertiary/aromatic N) is 2. The van der Waals surface area contributed by atoms with Gasteiger partial charge in [-0.2, -0.15) is 0 Å². The number of benzene rings is 3. The van der Waals surface area contributed by atoms with Crippen LogP contribution in [0.5, 0.6) is 0 Å². The SMILES string of the molecule is CN(C(=O)c1cccc(NC(=S)NC(=O)c2ccccc2[N+](=O)[O-])c1)c1ccccc1. The molecule has 3 aromatic carbocycles. The third kappa shape index (κ3) is 5.28. The molecule has 0 atom stereocenters. The van der Waals surface area contributed by atoms with Gasteiger partial charge in [-0.15, -0.1) is 0 Å². The highest BCUT2D eigenvalue weighted by atomic mass is 32.1. The number of hydrogen-bond acceptors (Lipinski definition) is 5. The van der Waals surface area contributed by atoms with E-state index in [1.54, 1.807) is 31.3 Å². The molecule has 0 aliphatic heterocycles. The van der Waals surface area contributed by atoms with E-state index >= 15 is 0 Å². The summed E-state index contributed by atoms with van der Waals surface area (Å²) >= 11 is 5.15. The minimum atomic E-state index is -0.708. The molecule has 8 nitrogen and oxygen atoms in total. The van der Waals surface area contributed by atoms with Crippen LogP contribution >= 0.6 is 12.2 Å². The molecule has 156 valence electrons. The van der Waals surface area contributed by atoms with Gasteiger partial charge in [0.05, 0.1) is 4.92 Å². The van der Waals surface area contributed by atoms with Crippen LogP contribution in [0.2, 0.25) is 0 Å². The molecule has 0 radical (unpaired) electrons. The smallest absolute Gasteiger partial charge is 0.282 e. The second-order valence-corrected chi connectivity index (χ2v) is 6.87. The fourth-order valence-corrected chi connectivity index (χ4v) is 3.06. The minimum absolute atomic E-state index is 0.0517. The molecule has 0 spiro atoms. The molecule has 0 saturated carbocycles. The lowest BCUT2D eigenvalue weighted by molar-refractivity contribution is -0.385. The molecule has 0 heterocycles.